The zero-order chi connectivity index (χ0) is 18.8. The minimum Gasteiger partial charge on any atom is -0.350 e. The van der Waals surface area contributed by atoms with Crippen LogP contribution in [0.5, 0.6) is 0 Å². The maximum absolute atomic E-state index is 13.1. The highest BCUT2D eigenvalue weighted by atomic mass is 16.2. The van der Waals surface area contributed by atoms with Gasteiger partial charge in [-0.1, -0.05) is 48.0 Å². The number of likely N-dealkylation sites (tertiary alicyclic amines) is 1. The van der Waals surface area contributed by atoms with Gasteiger partial charge in [0.25, 0.3) is 0 Å². The summed E-state index contributed by atoms with van der Waals surface area (Å²) in [6.07, 6.45) is 6.26. The molecule has 0 unspecified atom stereocenters. The van der Waals surface area contributed by atoms with Crippen molar-refractivity contribution in [2.45, 2.75) is 38.5 Å². The molecule has 0 bridgehead atoms. The van der Waals surface area contributed by atoms with Crippen molar-refractivity contribution in [3.05, 3.63) is 71.4 Å². The summed E-state index contributed by atoms with van der Waals surface area (Å²) in [5.41, 5.74) is 4.94. The summed E-state index contributed by atoms with van der Waals surface area (Å²) in [6, 6.07) is 17.2. The summed E-state index contributed by atoms with van der Waals surface area (Å²) in [7, 11) is 2.09. The predicted molar refractivity (Wildman–Crippen MR) is 111 cm³/mol. The Kier molecular flexibility index (Phi) is 5.02. The number of nitrogens with zero attached hydrogens (tertiary/aromatic N) is 2. The van der Waals surface area contributed by atoms with Crippen molar-refractivity contribution in [1.82, 2.24) is 9.47 Å². The number of rotatable bonds is 4. The molecule has 140 valence electrons. The molecule has 0 radical (unpaired) electrons. The Bertz CT molecular complexity index is 933. The monoisotopic (exact) mass is 360 g/mol. The number of carbonyl (C=O) groups is 1. The molecule has 1 aromatic heterocycles. The molecule has 2 aromatic carbocycles. The average Bonchev–Trinajstić information content (AvgIpc) is 3.04. The summed E-state index contributed by atoms with van der Waals surface area (Å²) >= 11 is 0. The first-order chi connectivity index (χ1) is 13.1. The van der Waals surface area contributed by atoms with Gasteiger partial charge in [0.2, 0.25) is 5.91 Å². The van der Waals surface area contributed by atoms with E-state index in [0.717, 1.165) is 25.9 Å². The lowest BCUT2D eigenvalue weighted by Crippen LogP contribution is -2.36. The Morgan fingerprint density at radius 2 is 1.70 bits per heavy atom. The molecular weight excluding hydrogens is 332 g/mol. The maximum atomic E-state index is 13.1. The van der Waals surface area contributed by atoms with Gasteiger partial charge in [0.05, 0.1) is 0 Å². The van der Waals surface area contributed by atoms with Crippen LogP contribution in [0.2, 0.25) is 0 Å². The van der Waals surface area contributed by atoms with E-state index in [0.29, 0.717) is 6.42 Å². The Morgan fingerprint density at radius 3 is 2.44 bits per heavy atom. The lowest BCUT2D eigenvalue weighted by molar-refractivity contribution is -0.132. The van der Waals surface area contributed by atoms with Gasteiger partial charge in [-0.3, -0.25) is 4.79 Å². The van der Waals surface area contributed by atoms with E-state index in [1.807, 2.05) is 0 Å². The van der Waals surface area contributed by atoms with Crippen LogP contribution in [0.15, 0.2) is 54.7 Å². The number of fused-ring (bicyclic) bond motifs is 1. The molecule has 0 N–H and O–H groups in total. The van der Waals surface area contributed by atoms with Gasteiger partial charge in [0.15, 0.2) is 0 Å². The molecule has 1 fully saturated rings. The lowest BCUT2D eigenvalue weighted by atomic mass is 9.87. The van der Waals surface area contributed by atoms with Gasteiger partial charge in [-0.2, -0.15) is 0 Å². The minimum absolute atomic E-state index is 0.0890. The summed E-state index contributed by atoms with van der Waals surface area (Å²) in [5.74, 6) is 0.374. The standard InChI is InChI=1S/C24H28N2O/c1-18-10-12-19(13-11-18)21(16-24(27)26-14-6-3-7-15-26)22-17-25(2)23-9-5-4-8-20(22)23/h4-5,8-13,17,21H,3,6-7,14-16H2,1-2H3/t21-/m0/s1. The second-order valence-electron chi connectivity index (χ2n) is 7.82. The third-order valence-corrected chi connectivity index (χ3v) is 5.87. The zero-order valence-electron chi connectivity index (χ0n) is 16.3. The van der Waals surface area contributed by atoms with E-state index in [4.69, 9.17) is 0 Å². The molecule has 1 saturated heterocycles. The Balaban J connectivity index is 1.73. The number of hydrogen-bond donors (Lipinski definition) is 0. The second kappa shape index (κ2) is 7.59. The molecule has 4 rings (SSSR count). The van der Waals surface area contributed by atoms with Gasteiger partial charge in [0, 0.05) is 49.6 Å². The van der Waals surface area contributed by atoms with E-state index < -0.39 is 0 Å². The largest absolute Gasteiger partial charge is 0.350 e. The molecule has 3 aromatic rings. The van der Waals surface area contributed by atoms with E-state index >= 15 is 0 Å². The smallest absolute Gasteiger partial charge is 0.223 e. The number of amides is 1. The van der Waals surface area contributed by atoms with E-state index in [1.165, 1.54) is 34.0 Å². The predicted octanol–water partition coefficient (Wildman–Crippen LogP) is 5.02. The molecule has 3 heteroatoms. The molecule has 0 aliphatic carbocycles. The van der Waals surface area contributed by atoms with Crippen molar-refractivity contribution in [2.24, 2.45) is 7.05 Å². The van der Waals surface area contributed by atoms with Crippen molar-refractivity contribution in [1.29, 1.82) is 0 Å². The van der Waals surface area contributed by atoms with Gasteiger partial charge in [-0.25, -0.2) is 0 Å². The van der Waals surface area contributed by atoms with Crippen molar-refractivity contribution in [3.8, 4) is 0 Å². The van der Waals surface area contributed by atoms with Crippen LogP contribution in [0.3, 0.4) is 0 Å². The summed E-state index contributed by atoms with van der Waals surface area (Å²) in [5, 5.41) is 1.25. The van der Waals surface area contributed by atoms with Crippen LogP contribution in [-0.2, 0) is 11.8 Å². The van der Waals surface area contributed by atoms with E-state index in [-0.39, 0.29) is 11.8 Å². The topological polar surface area (TPSA) is 25.2 Å². The summed E-state index contributed by atoms with van der Waals surface area (Å²) < 4.78 is 2.18. The number of benzene rings is 2. The number of para-hydroxylation sites is 1. The second-order valence-corrected chi connectivity index (χ2v) is 7.82. The van der Waals surface area contributed by atoms with Crippen LogP contribution in [0.25, 0.3) is 10.9 Å². The van der Waals surface area contributed by atoms with E-state index in [1.54, 1.807) is 0 Å². The number of piperidine rings is 1. The third-order valence-electron chi connectivity index (χ3n) is 5.87. The van der Waals surface area contributed by atoms with E-state index in [2.05, 4.69) is 78.2 Å². The molecule has 2 heterocycles. The number of carbonyl (C=O) groups excluding carboxylic acids is 1. The van der Waals surface area contributed by atoms with Crippen LogP contribution >= 0.6 is 0 Å². The van der Waals surface area contributed by atoms with Crippen LogP contribution in [0.1, 0.15) is 48.3 Å². The first-order valence-corrected chi connectivity index (χ1v) is 10.0. The van der Waals surface area contributed by atoms with Crippen molar-refractivity contribution in [2.75, 3.05) is 13.1 Å². The van der Waals surface area contributed by atoms with Crippen LogP contribution in [0.4, 0.5) is 0 Å². The van der Waals surface area contributed by atoms with Crippen molar-refractivity contribution in [3.63, 3.8) is 0 Å². The van der Waals surface area contributed by atoms with Crippen LogP contribution in [-0.4, -0.2) is 28.5 Å². The normalized spacial score (nSPS) is 15.9. The number of hydrogen-bond acceptors (Lipinski definition) is 1. The lowest BCUT2D eigenvalue weighted by Gasteiger charge is -2.28. The first kappa shape index (κ1) is 17.8. The van der Waals surface area contributed by atoms with Gasteiger partial charge < -0.3 is 9.47 Å². The quantitative estimate of drug-likeness (QED) is 0.641. The fourth-order valence-electron chi connectivity index (χ4n) is 4.30. The molecule has 1 aliphatic rings. The maximum Gasteiger partial charge on any atom is 0.223 e. The fourth-order valence-corrected chi connectivity index (χ4v) is 4.30. The van der Waals surface area contributed by atoms with Crippen molar-refractivity contribution >= 4 is 16.8 Å². The molecule has 1 atom stereocenters. The van der Waals surface area contributed by atoms with E-state index in [9.17, 15) is 4.79 Å². The van der Waals surface area contributed by atoms with Gasteiger partial charge in [-0.15, -0.1) is 0 Å². The van der Waals surface area contributed by atoms with Gasteiger partial charge in [0.1, 0.15) is 0 Å². The van der Waals surface area contributed by atoms with Gasteiger partial charge >= 0.3 is 0 Å². The average molecular weight is 361 g/mol. The minimum atomic E-state index is 0.0890. The summed E-state index contributed by atoms with van der Waals surface area (Å²) in [6.45, 7) is 3.93. The highest BCUT2D eigenvalue weighted by Crippen LogP contribution is 2.35. The molecule has 1 amide bonds. The Labute approximate surface area is 161 Å². The fraction of sp³-hybridized carbons (Fsp3) is 0.375. The SMILES string of the molecule is Cc1ccc([C@H](CC(=O)N2CCCCC2)c2cn(C)c3ccccc23)cc1. The number of aromatic nitrogens is 1. The Morgan fingerprint density at radius 1 is 1.00 bits per heavy atom. The van der Waals surface area contributed by atoms with Crippen molar-refractivity contribution < 1.29 is 4.79 Å². The molecule has 1 aliphatic heterocycles. The molecule has 0 spiro atoms. The zero-order valence-corrected chi connectivity index (χ0v) is 16.3. The molecule has 0 saturated carbocycles. The first-order valence-electron chi connectivity index (χ1n) is 10.0. The highest BCUT2D eigenvalue weighted by Gasteiger charge is 2.25. The highest BCUT2D eigenvalue weighted by molar-refractivity contribution is 5.86. The molecular formula is C24H28N2O. The number of aryl methyl sites for hydroxylation is 2. The Hall–Kier alpha value is -2.55. The van der Waals surface area contributed by atoms with Gasteiger partial charge in [-0.05, 0) is 43.4 Å². The summed E-state index contributed by atoms with van der Waals surface area (Å²) in [4.78, 5) is 15.1. The van der Waals surface area contributed by atoms with Crippen LogP contribution in [0, 0.1) is 6.92 Å². The van der Waals surface area contributed by atoms with Crippen LogP contribution < -0.4 is 0 Å². The molecule has 3 nitrogen and oxygen atoms in total. The molecule has 27 heavy (non-hydrogen) atoms. The third kappa shape index (κ3) is 3.64.